The number of Topliss-reactive ketones (excluding diaryl/α,β-unsaturated/α-hetero) is 1. The van der Waals surface area contributed by atoms with Gasteiger partial charge in [0.25, 0.3) is 5.91 Å². The Balaban J connectivity index is 1.25. The molecule has 6 rings (SSSR count). The maximum atomic E-state index is 14.6. The highest BCUT2D eigenvalue weighted by atomic mass is 16.7. The number of carbonyl (C=O) groups is 5. The SMILES string of the molecule is CCC[C@H](NC(=O)[C@@H]1C[C@]2(CC(c3cccc(-c4ccncc4)c3)=NO2)CN1C(=O)[C@@H](NC(=O)O[C@H]1CCOC1)C(C)(C)C)C(=O)C(=O)NC1CC1. The first-order valence-electron chi connectivity index (χ1n) is 18.1. The lowest BCUT2D eigenvalue weighted by atomic mass is 9.85. The van der Waals surface area contributed by atoms with Crippen molar-refractivity contribution in [3.8, 4) is 11.1 Å². The highest BCUT2D eigenvalue weighted by Gasteiger charge is 2.56. The molecule has 1 spiro atoms. The van der Waals surface area contributed by atoms with Crippen LogP contribution in [0.5, 0.6) is 0 Å². The van der Waals surface area contributed by atoms with Crippen molar-refractivity contribution in [2.45, 2.75) is 109 Å². The number of carbonyl (C=O) groups excluding carboxylic acids is 5. The first-order valence-corrected chi connectivity index (χ1v) is 18.1. The molecule has 1 aromatic carbocycles. The summed E-state index contributed by atoms with van der Waals surface area (Å²) in [5.74, 6) is -2.55. The lowest BCUT2D eigenvalue weighted by molar-refractivity contribution is -0.144. The van der Waals surface area contributed by atoms with E-state index < -0.39 is 64.8 Å². The van der Waals surface area contributed by atoms with Gasteiger partial charge in [-0.2, -0.15) is 0 Å². The van der Waals surface area contributed by atoms with E-state index >= 15 is 0 Å². The number of pyridine rings is 1. The predicted octanol–water partition coefficient (Wildman–Crippen LogP) is 3.28. The van der Waals surface area contributed by atoms with Gasteiger partial charge in [-0.1, -0.05) is 57.5 Å². The van der Waals surface area contributed by atoms with Gasteiger partial charge in [-0.25, -0.2) is 4.79 Å². The third kappa shape index (κ3) is 8.60. The number of aromatic nitrogens is 1. The molecule has 14 heteroatoms. The molecule has 5 atom stereocenters. The number of nitrogens with one attached hydrogen (secondary N) is 3. The summed E-state index contributed by atoms with van der Waals surface area (Å²) in [7, 11) is 0. The molecule has 4 amide bonds. The first-order chi connectivity index (χ1) is 24.9. The van der Waals surface area contributed by atoms with Crippen molar-refractivity contribution >= 4 is 35.3 Å². The predicted molar refractivity (Wildman–Crippen MR) is 190 cm³/mol. The number of ether oxygens (including phenoxy) is 2. The van der Waals surface area contributed by atoms with Gasteiger partial charge in [0, 0.05) is 43.3 Å². The minimum atomic E-state index is -1.09. The van der Waals surface area contributed by atoms with Gasteiger partial charge in [-0.3, -0.25) is 24.2 Å². The Labute approximate surface area is 303 Å². The number of hydrogen-bond donors (Lipinski definition) is 3. The van der Waals surface area contributed by atoms with Crippen LogP contribution < -0.4 is 16.0 Å². The average Bonchev–Trinajstić information content (AvgIpc) is 3.46. The molecule has 1 aliphatic carbocycles. The summed E-state index contributed by atoms with van der Waals surface area (Å²) in [6.45, 7) is 8.05. The van der Waals surface area contributed by atoms with Gasteiger partial charge in [-0.15, -0.1) is 0 Å². The highest BCUT2D eigenvalue weighted by molar-refractivity contribution is 6.38. The fourth-order valence-electron chi connectivity index (χ4n) is 6.90. The van der Waals surface area contributed by atoms with Gasteiger partial charge in [-0.05, 0) is 54.0 Å². The fourth-order valence-corrected chi connectivity index (χ4v) is 6.90. The molecule has 2 aromatic rings. The third-order valence-electron chi connectivity index (χ3n) is 9.92. The van der Waals surface area contributed by atoms with Crippen LogP contribution in [0.2, 0.25) is 0 Å². The molecule has 3 aliphatic heterocycles. The molecule has 278 valence electrons. The maximum Gasteiger partial charge on any atom is 0.408 e. The van der Waals surface area contributed by atoms with Gasteiger partial charge in [0.05, 0.1) is 31.5 Å². The number of likely N-dealkylation sites (tertiary alicyclic amines) is 1. The van der Waals surface area contributed by atoms with Gasteiger partial charge in [0.1, 0.15) is 18.2 Å². The molecule has 0 bridgehead atoms. The molecular weight excluding hydrogens is 668 g/mol. The van der Waals surface area contributed by atoms with E-state index in [-0.39, 0.29) is 32.0 Å². The number of nitrogens with zero attached hydrogens (tertiary/aromatic N) is 3. The molecule has 2 saturated heterocycles. The van der Waals surface area contributed by atoms with Crippen LogP contribution >= 0.6 is 0 Å². The number of rotatable bonds is 12. The van der Waals surface area contributed by atoms with Crippen LogP contribution in [0.1, 0.15) is 78.2 Å². The topological polar surface area (TPSA) is 178 Å². The van der Waals surface area contributed by atoms with Crippen LogP contribution in [0, 0.1) is 5.41 Å². The third-order valence-corrected chi connectivity index (χ3v) is 9.92. The van der Waals surface area contributed by atoms with Crippen LogP contribution in [-0.2, 0) is 33.5 Å². The molecule has 0 unspecified atom stereocenters. The van der Waals surface area contributed by atoms with Gasteiger partial charge >= 0.3 is 6.09 Å². The smallest absolute Gasteiger partial charge is 0.408 e. The number of benzene rings is 1. The quantitative estimate of drug-likeness (QED) is 0.278. The van der Waals surface area contributed by atoms with Crippen LogP contribution in [0.3, 0.4) is 0 Å². The molecule has 3 N–H and O–H groups in total. The standard InChI is InChI=1S/C38H48N6O8/c1-5-7-28(31(45)34(47)40-26-10-11-26)41-33(46)30-20-38(19-29(43-52-38)25-9-6-8-24(18-25)23-12-15-39-16-13-23)22-44(30)35(48)32(37(2,3)4)42-36(49)51-27-14-17-50-21-27/h6,8-9,12-13,15-16,18,26-28,30,32H,5,7,10-11,14,17,19-22H2,1-4H3,(H,40,47)(H,41,46)(H,42,49)/t27-,28-,30-,32+,38+/m0/s1. The maximum absolute atomic E-state index is 14.6. The van der Waals surface area contributed by atoms with Crippen molar-refractivity contribution in [3.05, 3.63) is 54.4 Å². The molecule has 4 heterocycles. The molecule has 52 heavy (non-hydrogen) atoms. The summed E-state index contributed by atoms with van der Waals surface area (Å²) in [5, 5.41) is 12.7. The van der Waals surface area contributed by atoms with Gasteiger partial charge in [0.2, 0.25) is 17.6 Å². The summed E-state index contributed by atoms with van der Waals surface area (Å²) in [5.41, 5.74) is 1.61. The van der Waals surface area contributed by atoms with E-state index in [1.54, 1.807) is 12.4 Å². The second kappa shape index (κ2) is 15.4. The zero-order chi connectivity index (χ0) is 37.0. The first kappa shape index (κ1) is 36.9. The van der Waals surface area contributed by atoms with Gasteiger partial charge in [0.15, 0.2) is 5.60 Å². The van der Waals surface area contributed by atoms with Crippen molar-refractivity contribution in [1.29, 1.82) is 0 Å². The van der Waals surface area contributed by atoms with Crippen molar-refractivity contribution in [2.24, 2.45) is 10.6 Å². The molecule has 14 nitrogen and oxygen atoms in total. The van der Waals surface area contributed by atoms with Crippen molar-refractivity contribution in [1.82, 2.24) is 25.8 Å². The van der Waals surface area contributed by atoms with Crippen LogP contribution in [0.15, 0.2) is 53.9 Å². The summed E-state index contributed by atoms with van der Waals surface area (Å²) in [6, 6.07) is 8.43. The van der Waals surface area contributed by atoms with Crippen LogP contribution in [-0.4, -0.2) is 101 Å². The average molecular weight is 717 g/mol. The van der Waals surface area contributed by atoms with Crippen molar-refractivity contribution in [2.75, 3.05) is 19.8 Å². The summed E-state index contributed by atoms with van der Waals surface area (Å²) >= 11 is 0. The van der Waals surface area contributed by atoms with E-state index in [4.69, 9.17) is 14.3 Å². The molecular formula is C38H48N6O8. The largest absolute Gasteiger partial charge is 0.444 e. The van der Waals surface area contributed by atoms with E-state index in [1.807, 2.05) is 64.1 Å². The van der Waals surface area contributed by atoms with Gasteiger partial charge < -0.3 is 35.2 Å². The summed E-state index contributed by atoms with van der Waals surface area (Å²) in [4.78, 5) is 79.4. The number of hydrogen-bond acceptors (Lipinski definition) is 10. The molecule has 1 saturated carbocycles. The lowest BCUT2D eigenvalue weighted by Crippen LogP contribution is -2.59. The van der Waals surface area contributed by atoms with E-state index in [9.17, 15) is 24.0 Å². The minimum absolute atomic E-state index is 0.00467. The molecule has 4 aliphatic rings. The number of alkyl carbamates (subject to hydrolysis) is 1. The second-order valence-corrected chi connectivity index (χ2v) is 15.3. The Kier molecular flexibility index (Phi) is 10.9. The summed E-state index contributed by atoms with van der Waals surface area (Å²) < 4.78 is 10.9. The minimum Gasteiger partial charge on any atom is -0.444 e. The van der Waals surface area contributed by atoms with E-state index in [1.165, 1.54) is 4.90 Å². The Hall–Kier alpha value is -4.85. The van der Waals surface area contributed by atoms with Crippen LogP contribution in [0.25, 0.3) is 11.1 Å². The highest BCUT2D eigenvalue weighted by Crippen LogP contribution is 2.40. The number of amides is 4. The van der Waals surface area contributed by atoms with E-state index in [0.717, 1.165) is 29.5 Å². The zero-order valence-electron chi connectivity index (χ0n) is 30.2. The lowest BCUT2D eigenvalue weighted by Gasteiger charge is -2.35. The Bertz CT molecular complexity index is 1700. The Morgan fingerprint density at radius 1 is 1.02 bits per heavy atom. The van der Waals surface area contributed by atoms with E-state index in [0.29, 0.717) is 31.6 Å². The van der Waals surface area contributed by atoms with Crippen LogP contribution in [0.4, 0.5) is 4.79 Å². The second-order valence-electron chi connectivity index (χ2n) is 15.3. The fraction of sp³-hybridized carbons (Fsp3) is 0.553. The molecule has 1 aromatic heterocycles. The molecule has 0 radical (unpaired) electrons. The zero-order valence-corrected chi connectivity index (χ0v) is 30.2. The number of oxime groups is 1. The summed E-state index contributed by atoms with van der Waals surface area (Å²) in [6.07, 6.45) is 5.61. The Morgan fingerprint density at radius 2 is 1.77 bits per heavy atom. The van der Waals surface area contributed by atoms with Crippen molar-refractivity contribution in [3.63, 3.8) is 0 Å². The monoisotopic (exact) mass is 716 g/mol. The molecule has 3 fully saturated rings. The normalized spacial score (nSPS) is 23.7. The van der Waals surface area contributed by atoms with E-state index in [2.05, 4.69) is 26.1 Å². The Morgan fingerprint density at radius 3 is 2.44 bits per heavy atom. The van der Waals surface area contributed by atoms with Crippen molar-refractivity contribution < 1.29 is 38.3 Å². The number of ketones is 1.